The molecule has 1 aromatic carbocycles. The number of rotatable bonds is 7. The number of benzene rings is 1. The van der Waals surface area contributed by atoms with Crippen LogP contribution < -0.4 is 5.73 Å². The van der Waals surface area contributed by atoms with Gasteiger partial charge in [-0.25, -0.2) is 9.97 Å². The zero-order chi connectivity index (χ0) is 17.7. The smallest absolute Gasteiger partial charge is 0.336 e. The molecule has 0 radical (unpaired) electrons. The molecule has 24 heavy (non-hydrogen) atoms. The van der Waals surface area contributed by atoms with Crippen LogP contribution >= 0.6 is 7.60 Å². The number of para-hydroxylation sites is 2. The molecule has 0 fully saturated rings. The molecular weight excluding hydrogens is 333 g/mol. The molecular formula is C15H20N3O5P. The molecule has 0 bridgehead atoms. The van der Waals surface area contributed by atoms with Crippen LogP contribution in [0.3, 0.4) is 0 Å². The van der Waals surface area contributed by atoms with Gasteiger partial charge in [0.05, 0.1) is 35.7 Å². The van der Waals surface area contributed by atoms with Crippen LogP contribution in [0.25, 0.3) is 11.0 Å². The Balaban J connectivity index is 2.47. The van der Waals surface area contributed by atoms with E-state index in [9.17, 15) is 9.36 Å². The lowest BCUT2D eigenvalue weighted by molar-refractivity contribution is -0.142. The van der Waals surface area contributed by atoms with Crippen molar-refractivity contribution in [3.05, 3.63) is 35.7 Å². The highest BCUT2D eigenvalue weighted by molar-refractivity contribution is 7.52. The highest BCUT2D eigenvalue weighted by Gasteiger charge is 2.27. The predicted octanol–water partition coefficient (Wildman–Crippen LogP) is 1.66. The molecule has 1 unspecified atom stereocenters. The first-order chi connectivity index (χ1) is 11.4. The van der Waals surface area contributed by atoms with Gasteiger partial charge in [0.15, 0.2) is 0 Å². The van der Waals surface area contributed by atoms with Crippen molar-refractivity contribution in [3.8, 4) is 0 Å². The average molecular weight is 353 g/mol. The molecule has 2 rings (SSSR count). The molecule has 0 aliphatic heterocycles. The average Bonchev–Trinajstić information content (AvgIpc) is 2.61. The van der Waals surface area contributed by atoms with Crippen molar-refractivity contribution < 1.29 is 23.1 Å². The van der Waals surface area contributed by atoms with Gasteiger partial charge in [0, 0.05) is 20.6 Å². The Hall–Kier alpha value is -1.86. The third kappa shape index (κ3) is 4.15. The minimum Gasteiger partial charge on any atom is -0.468 e. The van der Waals surface area contributed by atoms with Crippen LogP contribution in [0.2, 0.25) is 0 Å². The van der Waals surface area contributed by atoms with Gasteiger partial charge in [-0.1, -0.05) is 12.1 Å². The second-order valence-electron chi connectivity index (χ2n) is 5.07. The molecule has 1 atom stereocenters. The van der Waals surface area contributed by atoms with E-state index in [2.05, 4.69) is 14.7 Å². The standard InChI is InChI=1S/C15H20N3O5P/c1-21-15(19)10(16)8-13-14(9-24(20,22-2)23-3)18-12-7-5-4-6-11(12)17-13/h4-7,10H,8-9,16H2,1-3H3. The van der Waals surface area contributed by atoms with Crippen molar-refractivity contribution in [2.75, 3.05) is 21.3 Å². The lowest BCUT2D eigenvalue weighted by Crippen LogP contribution is -2.34. The minimum absolute atomic E-state index is 0.0684. The van der Waals surface area contributed by atoms with Gasteiger partial charge in [0.2, 0.25) is 0 Å². The first kappa shape index (κ1) is 18.5. The zero-order valence-corrected chi connectivity index (χ0v) is 14.7. The fourth-order valence-corrected chi connectivity index (χ4v) is 3.22. The second-order valence-corrected chi connectivity index (χ2v) is 7.34. The topological polar surface area (TPSA) is 114 Å². The molecule has 0 saturated carbocycles. The quantitative estimate of drug-likeness (QED) is 0.590. The van der Waals surface area contributed by atoms with E-state index in [1.807, 2.05) is 12.1 Å². The maximum Gasteiger partial charge on any atom is 0.336 e. The van der Waals surface area contributed by atoms with Crippen molar-refractivity contribution in [3.63, 3.8) is 0 Å². The third-order valence-corrected chi connectivity index (χ3v) is 5.34. The number of nitrogens with two attached hydrogens (primary N) is 1. The van der Waals surface area contributed by atoms with Gasteiger partial charge in [-0.3, -0.25) is 9.36 Å². The van der Waals surface area contributed by atoms with Crippen molar-refractivity contribution in [1.29, 1.82) is 0 Å². The minimum atomic E-state index is -3.34. The summed E-state index contributed by atoms with van der Waals surface area (Å²) in [5.74, 6) is -0.558. The van der Waals surface area contributed by atoms with E-state index in [1.165, 1.54) is 21.3 Å². The molecule has 0 aliphatic carbocycles. The van der Waals surface area contributed by atoms with Gasteiger partial charge >= 0.3 is 13.6 Å². The number of carbonyl (C=O) groups excluding carboxylic acids is 1. The highest BCUT2D eigenvalue weighted by atomic mass is 31.2. The van der Waals surface area contributed by atoms with Gasteiger partial charge in [0.25, 0.3) is 0 Å². The summed E-state index contributed by atoms with van der Waals surface area (Å²) >= 11 is 0. The monoisotopic (exact) mass is 353 g/mol. The number of nitrogens with zero attached hydrogens (tertiary/aromatic N) is 2. The first-order valence-corrected chi connectivity index (χ1v) is 8.93. The van der Waals surface area contributed by atoms with Crippen LogP contribution in [0.15, 0.2) is 24.3 Å². The molecule has 8 nitrogen and oxygen atoms in total. The summed E-state index contributed by atoms with van der Waals surface area (Å²) in [6.45, 7) is 0. The molecule has 0 amide bonds. The summed E-state index contributed by atoms with van der Waals surface area (Å²) in [6, 6.07) is 6.35. The summed E-state index contributed by atoms with van der Waals surface area (Å²) in [5.41, 5.74) is 7.99. The second kappa shape index (κ2) is 7.81. The van der Waals surface area contributed by atoms with Crippen molar-refractivity contribution in [2.45, 2.75) is 18.6 Å². The lowest BCUT2D eigenvalue weighted by Gasteiger charge is -2.17. The highest BCUT2D eigenvalue weighted by Crippen LogP contribution is 2.49. The van der Waals surface area contributed by atoms with Crippen LogP contribution in [0.4, 0.5) is 0 Å². The Labute approximate surface area is 139 Å². The summed E-state index contributed by atoms with van der Waals surface area (Å²) in [5, 5.41) is 0. The van der Waals surface area contributed by atoms with E-state index in [-0.39, 0.29) is 12.6 Å². The summed E-state index contributed by atoms with van der Waals surface area (Å²) in [4.78, 5) is 20.6. The Morgan fingerprint density at radius 3 is 2.17 bits per heavy atom. The maximum atomic E-state index is 12.4. The van der Waals surface area contributed by atoms with Gasteiger partial charge in [-0.15, -0.1) is 0 Å². The van der Waals surface area contributed by atoms with Gasteiger partial charge in [0.1, 0.15) is 6.04 Å². The molecule has 0 saturated heterocycles. The fraction of sp³-hybridized carbons (Fsp3) is 0.400. The summed E-state index contributed by atoms with van der Waals surface area (Å²) < 4.78 is 27.0. The van der Waals surface area contributed by atoms with Gasteiger partial charge in [-0.2, -0.15) is 0 Å². The molecule has 1 heterocycles. The fourth-order valence-electron chi connectivity index (χ4n) is 2.19. The van der Waals surface area contributed by atoms with Crippen LogP contribution in [0, 0.1) is 0 Å². The Bertz CT molecular complexity index is 775. The molecule has 0 aliphatic rings. The Morgan fingerprint density at radius 1 is 1.12 bits per heavy atom. The maximum absolute atomic E-state index is 12.4. The molecule has 2 N–H and O–H groups in total. The van der Waals surface area contributed by atoms with Crippen LogP contribution in [0.1, 0.15) is 11.4 Å². The third-order valence-electron chi connectivity index (χ3n) is 3.54. The van der Waals surface area contributed by atoms with E-state index >= 15 is 0 Å². The van der Waals surface area contributed by atoms with Crippen molar-refractivity contribution >= 4 is 24.6 Å². The zero-order valence-electron chi connectivity index (χ0n) is 13.8. The van der Waals surface area contributed by atoms with E-state index in [4.69, 9.17) is 14.8 Å². The summed E-state index contributed by atoms with van der Waals surface area (Å²) in [6.07, 6.45) is 0.0360. The number of hydrogen-bond donors (Lipinski definition) is 1. The van der Waals surface area contributed by atoms with Crippen molar-refractivity contribution in [1.82, 2.24) is 9.97 Å². The normalized spacial score (nSPS) is 13.0. The van der Waals surface area contributed by atoms with Crippen LogP contribution in [0.5, 0.6) is 0 Å². The number of hydrogen-bond acceptors (Lipinski definition) is 8. The van der Waals surface area contributed by atoms with Crippen LogP contribution in [-0.2, 0) is 35.7 Å². The van der Waals surface area contributed by atoms with Gasteiger partial charge in [-0.05, 0) is 12.1 Å². The Morgan fingerprint density at radius 2 is 1.67 bits per heavy atom. The number of methoxy groups -OCH3 is 1. The number of carbonyl (C=O) groups is 1. The van der Waals surface area contributed by atoms with E-state index in [0.29, 0.717) is 22.4 Å². The Kier molecular flexibility index (Phi) is 6.01. The van der Waals surface area contributed by atoms with Crippen LogP contribution in [-0.4, -0.2) is 43.3 Å². The SMILES string of the molecule is COC(=O)C(N)Cc1nc2ccccc2nc1CP(=O)(OC)OC. The molecule has 0 spiro atoms. The first-order valence-electron chi connectivity index (χ1n) is 7.21. The van der Waals surface area contributed by atoms with Crippen molar-refractivity contribution in [2.24, 2.45) is 5.73 Å². The van der Waals surface area contributed by atoms with Gasteiger partial charge < -0.3 is 19.5 Å². The summed E-state index contributed by atoms with van der Waals surface area (Å²) in [7, 11) is 0.530. The number of fused-ring (bicyclic) bond motifs is 1. The molecule has 2 aromatic rings. The predicted molar refractivity (Wildman–Crippen MR) is 88.6 cm³/mol. The van der Waals surface area contributed by atoms with E-state index in [1.54, 1.807) is 12.1 Å². The largest absolute Gasteiger partial charge is 0.468 e. The lowest BCUT2D eigenvalue weighted by atomic mass is 10.1. The molecule has 9 heteroatoms. The molecule has 1 aromatic heterocycles. The number of ether oxygens (including phenoxy) is 1. The number of aromatic nitrogens is 2. The molecule has 130 valence electrons. The van der Waals surface area contributed by atoms with E-state index in [0.717, 1.165) is 0 Å². The van der Waals surface area contributed by atoms with E-state index < -0.39 is 19.6 Å². The number of esters is 1.